The molecule has 0 aliphatic carbocycles. The van der Waals surface area contributed by atoms with Gasteiger partial charge in [0.1, 0.15) is 0 Å². The van der Waals surface area contributed by atoms with Gasteiger partial charge in [-0.1, -0.05) is 0 Å². The first-order valence-corrected chi connectivity index (χ1v) is 5.52. The average Bonchev–Trinajstić information content (AvgIpc) is 2.03. The van der Waals surface area contributed by atoms with Crippen molar-refractivity contribution in [3.8, 4) is 0 Å². The summed E-state index contributed by atoms with van der Waals surface area (Å²) in [7, 11) is 8.49. The van der Waals surface area contributed by atoms with Crippen molar-refractivity contribution in [1.29, 1.82) is 0 Å². The zero-order chi connectivity index (χ0) is 11.9. The molecule has 0 aromatic carbocycles. The molecule has 90 valence electrons. The van der Waals surface area contributed by atoms with E-state index in [1.54, 1.807) is 14.0 Å². The number of carboxylic acid groups (broad SMARTS) is 1. The Morgan fingerprint density at radius 3 is 1.07 bits per heavy atom. The first-order chi connectivity index (χ1) is 6.24. The molecular weight excluding hydrogens is 229 g/mol. The molecule has 0 aromatic rings. The summed E-state index contributed by atoms with van der Waals surface area (Å²) >= 11 is 0. The summed E-state index contributed by atoms with van der Waals surface area (Å²) in [6.45, 7) is -0.250. The average molecular weight is 252 g/mol. The standard InChI is InChI=1S/C6H18N3OP.CH2O2.Mg.2H/c1-7(2)11(10,8(3)4)9(5)6;2-1-3;;;/h1-6H3;1H,(H,2,3);;;. The van der Waals surface area contributed by atoms with Crippen LogP contribution in [0.15, 0.2) is 0 Å². The summed E-state index contributed by atoms with van der Waals surface area (Å²) in [4.78, 5) is 8.36. The maximum atomic E-state index is 12.1. The number of nitrogens with zero attached hydrogens (tertiary/aromatic N) is 3. The molecule has 1 N–H and O–H groups in total. The Balaban J connectivity index is -0.000000320. The van der Waals surface area contributed by atoms with Gasteiger partial charge in [0.25, 0.3) is 14.1 Å². The first-order valence-electron chi connectivity index (χ1n) is 3.96. The van der Waals surface area contributed by atoms with Gasteiger partial charge in [-0.3, -0.25) is 9.36 Å². The molecule has 0 aromatic heterocycles. The van der Waals surface area contributed by atoms with Gasteiger partial charge in [-0.05, 0) is 42.3 Å². The van der Waals surface area contributed by atoms with Crippen LogP contribution in [0.1, 0.15) is 0 Å². The van der Waals surface area contributed by atoms with Crippen molar-refractivity contribution in [1.82, 2.24) is 14.0 Å². The van der Waals surface area contributed by atoms with E-state index in [0.29, 0.717) is 0 Å². The molecule has 0 rings (SSSR count). The molecule has 0 amide bonds. The molecule has 0 aliphatic heterocycles. The third kappa shape index (κ3) is 6.50. The number of hydrogen-bond acceptors (Lipinski definition) is 2. The van der Waals surface area contributed by atoms with Crippen LogP contribution in [0, 0.1) is 0 Å². The Morgan fingerprint density at radius 1 is 0.933 bits per heavy atom. The lowest BCUT2D eigenvalue weighted by Crippen LogP contribution is -2.30. The molecular formula is C7H22MgN3O3P. The molecule has 0 saturated carbocycles. The third-order valence-electron chi connectivity index (χ3n) is 1.56. The maximum Gasteiger partial charge on any atom is 0.316 e. The minimum absolute atomic E-state index is 0. The molecule has 6 nitrogen and oxygen atoms in total. The monoisotopic (exact) mass is 251 g/mol. The second-order valence-corrected chi connectivity index (χ2v) is 6.59. The van der Waals surface area contributed by atoms with Crippen LogP contribution in [0.4, 0.5) is 0 Å². The van der Waals surface area contributed by atoms with Crippen LogP contribution < -0.4 is 0 Å². The second kappa shape index (κ2) is 9.56. The Kier molecular flexibility index (Phi) is 13.2. The minimum atomic E-state index is -2.44. The number of carbonyl (C=O) groups is 1. The molecule has 0 bridgehead atoms. The van der Waals surface area contributed by atoms with Crippen molar-refractivity contribution < 1.29 is 14.5 Å². The predicted molar refractivity (Wildman–Crippen MR) is 65.9 cm³/mol. The Bertz CT molecular complexity index is 183. The van der Waals surface area contributed by atoms with Crippen molar-refractivity contribution in [3.05, 3.63) is 0 Å². The van der Waals surface area contributed by atoms with Gasteiger partial charge < -0.3 is 5.11 Å². The summed E-state index contributed by atoms with van der Waals surface area (Å²) in [6.07, 6.45) is 0. The lowest BCUT2D eigenvalue weighted by Gasteiger charge is -2.34. The van der Waals surface area contributed by atoms with Crippen LogP contribution in [0.5, 0.6) is 0 Å². The van der Waals surface area contributed by atoms with Gasteiger partial charge in [0.05, 0.1) is 0 Å². The van der Waals surface area contributed by atoms with Crippen molar-refractivity contribution in [3.63, 3.8) is 0 Å². The highest BCUT2D eigenvalue weighted by molar-refractivity contribution is 7.56. The highest BCUT2D eigenvalue weighted by atomic mass is 31.2. The van der Waals surface area contributed by atoms with Gasteiger partial charge in [0, 0.05) is 0 Å². The number of rotatable bonds is 3. The largest absolute Gasteiger partial charge is 0.483 e. The lowest BCUT2D eigenvalue weighted by atomic mass is 11.2. The van der Waals surface area contributed by atoms with Crippen molar-refractivity contribution in [2.24, 2.45) is 0 Å². The quantitative estimate of drug-likeness (QED) is 0.417. The first kappa shape index (κ1) is 20.7. The zero-order valence-corrected chi connectivity index (χ0v) is 10.5. The fourth-order valence-corrected chi connectivity index (χ4v) is 3.22. The van der Waals surface area contributed by atoms with E-state index >= 15 is 0 Å². The normalized spacial score (nSPS) is 10.7. The fraction of sp³-hybridized carbons (Fsp3) is 0.857. The van der Waals surface area contributed by atoms with Gasteiger partial charge in [-0.2, -0.15) is 0 Å². The molecule has 0 saturated heterocycles. The van der Waals surface area contributed by atoms with Gasteiger partial charge in [0.15, 0.2) is 0 Å². The predicted octanol–water partition coefficient (Wildman–Crippen LogP) is -0.436. The van der Waals surface area contributed by atoms with E-state index in [2.05, 4.69) is 0 Å². The minimum Gasteiger partial charge on any atom is -0.483 e. The lowest BCUT2D eigenvalue weighted by molar-refractivity contribution is -0.122. The van der Waals surface area contributed by atoms with E-state index in [4.69, 9.17) is 9.90 Å². The van der Waals surface area contributed by atoms with E-state index in [-0.39, 0.29) is 29.5 Å². The Labute approximate surface area is 108 Å². The zero-order valence-electron chi connectivity index (χ0n) is 9.63. The van der Waals surface area contributed by atoms with Crippen molar-refractivity contribution in [2.45, 2.75) is 0 Å². The summed E-state index contributed by atoms with van der Waals surface area (Å²) < 4.78 is 17.3. The molecule has 0 heterocycles. The van der Waals surface area contributed by atoms with Crippen molar-refractivity contribution >= 4 is 37.1 Å². The summed E-state index contributed by atoms with van der Waals surface area (Å²) in [5.74, 6) is 0. The SMILES string of the molecule is CN(C)P(=O)(N(C)C)N(C)C.O=CO.[MgH2]. The van der Waals surface area contributed by atoms with E-state index in [1.807, 2.05) is 42.3 Å². The van der Waals surface area contributed by atoms with E-state index < -0.39 is 7.59 Å². The van der Waals surface area contributed by atoms with Gasteiger partial charge >= 0.3 is 23.1 Å². The summed E-state index contributed by atoms with van der Waals surface area (Å²) in [5.41, 5.74) is 0. The van der Waals surface area contributed by atoms with Crippen LogP contribution in [0.3, 0.4) is 0 Å². The highest BCUT2D eigenvalue weighted by Gasteiger charge is 2.30. The van der Waals surface area contributed by atoms with Gasteiger partial charge in [0.2, 0.25) is 0 Å². The molecule has 0 radical (unpaired) electrons. The molecule has 0 unspecified atom stereocenters. The fourth-order valence-electron chi connectivity index (χ4n) is 1.07. The Hall–Kier alpha value is 0.346. The van der Waals surface area contributed by atoms with Crippen LogP contribution in [0.2, 0.25) is 0 Å². The van der Waals surface area contributed by atoms with Crippen LogP contribution in [-0.2, 0) is 9.36 Å². The summed E-state index contributed by atoms with van der Waals surface area (Å²) in [6, 6.07) is 0. The number of hydrogen-bond donors (Lipinski definition) is 1. The van der Waals surface area contributed by atoms with Crippen LogP contribution >= 0.6 is 7.59 Å². The molecule has 0 atom stereocenters. The topological polar surface area (TPSA) is 64.1 Å². The van der Waals surface area contributed by atoms with E-state index in [0.717, 1.165) is 0 Å². The Morgan fingerprint density at radius 2 is 1.07 bits per heavy atom. The second-order valence-electron chi connectivity index (χ2n) is 3.16. The van der Waals surface area contributed by atoms with Crippen LogP contribution in [0.25, 0.3) is 0 Å². The smallest absolute Gasteiger partial charge is 0.316 e. The van der Waals surface area contributed by atoms with E-state index in [1.165, 1.54) is 0 Å². The van der Waals surface area contributed by atoms with Crippen molar-refractivity contribution in [2.75, 3.05) is 42.3 Å². The molecule has 0 aliphatic rings. The maximum absolute atomic E-state index is 12.1. The van der Waals surface area contributed by atoms with E-state index in [9.17, 15) is 4.57 Å². The third-order valence-corrected chi connectivity index (χ3v) is 4.69. The molecule has 15 heavy (non-hydrogen) atoms. The van der Waals surface area contributed by atoms with Gasteiger partial charge in [-0.25, -0.2) is 14.0 Å². The van der Waals surface area contributed by atoms with Crippen LogP contribution in [-0.4, -0.2) is 90.9 Å². The molecule has 0 fully saturated rings. The molecule has 0 spiro atoms. The summed E-state index contributed by atoms with van der Waals surface area (Å²) in [5, 5.41) is 6.89. The molecule has 8 heteroatoms. The highest BCUT2D eigenvalue weighted by Crippen LogP contribution is 2.50. The van der Waals surface area contributed by atoms with Gasteiger partial charge in [-0.15, -0.1) is 0 Å².